The molecule has 1 aliphatic heterocycles. The summed E-state index contributed by atoms with van der Waals surface area (Å²) in [5.74, 6) is -0.305. The zero-order valence-electron chi connectivity index (χ0n) is 17.3. The van der Waals surface area contributed by atoms with Gasteiger partial charge in [0.2, 0.25) is 5.91 Å². The fourth-order valence-corrected chi connectivity index (χ4v) is 4.08. The maximum absolute atomic E-state index is 13.4. The number of hydrogen-bond donors (Lipinski definition) is 1. The van der Waals surface area contributed by atoms with Gasteiger partial charge in [0.15, 0.2) is 0 Å². The van der Waals surface area contributed by atoms with Gasteiger partial charge in [-0.1, -0.05) is 47.1 Å². The molecule has 2 aromatic carbocycles. The lowest BCUT2D eigenvalue weighted by Gasteiger charge is -2.18. The van der Waals surface area contributed by atoms with Gasteiger partial charge in [0.05, 0.1) is 33.0 Å². The minimum Gasteiger partial charge on any atom is -0.335 e. The van der Waals surface area contributed by atoms with Crippen LogP contribution >= 0.6 is 11.6 Å². The van der Waals surface area contributed by atoms with Gasteiger partial charge in [0, 0.05) is 24.2 Å². The molecule has 160 valence electrons. The standard InChI is InChI=1S/C24H19ClN4O3/c1-14-22-17(13-19(27-24(22)32-28-14)15-6-3-2-4-7-15)23(31)26-20-12-16(9-10-18(20)25)29-11-5-8-21(29)30/h2-4,6-7,9-10,12-13H,5,8,11H2,1H3,(H,26,31). The Morgan fingerprint density at radius 2 is 1.97 bits per heavy atom. The van der Waals surface area contributed by atoms with Gasteiger partial charge < -0.3 is 14.7 Å². The number of halogens is 1. The number of benzene rings is 2. The van der Waals surface area contributed by atoms with Crippen LogP contribution in [0.2, 0.25) is 5.02 Å². The number of hydrogen-bond acceptors (Lipinski definition) is 5. The molecule has 0 spiro atoms. The lowest BCUT2D eigenvalue weighted by molar-refractivity contribution is -0.117. The van der Waals surface area contributed by atoms with Crippen molar-refractivity contribution >= 4 is 45.9 Å². The predicted molar refractivity (Wildman–Crippen MR) is 123 cm³/mol. The van der Waals surface area contributed by atoms with E-state index in [9.17, 15) is 9.59 Å². The molecule has 1 fully saturated rings. The van der Waals surface area contributed by atoms with Crippen molar-refractivity contribution in [2.24, 2.45) is 0 Å². The molecule has 2 amide bonds. The Bertz CT molecular complexity index is 1350. The normalized spacial score (nSPS) is 13.7. The summed E-state index contributed by atoms with van der Waals surface area (Å²) < 4.78 is 5.36. The van der Waals surface area contributed by atoms with Crippen molar-refractivity contribution in [3.8, 4) is 11.3 Å². The number of carbonyl (C=O) groups excluding carboxylic acids is 2. The molecule has 0 radical (unpaired) electrons. The largest absolute Gasteiger partial charge is 0.335 e. The highest BCUT2D eigenvalue weighted by molar-refractivity contribution is 6.34. The number of carbonyl (C=O) groups is 2. The Balaban J connectivity index is 1.54. The molecular weight excluding hydrogens is 428 g/mol. The number of nitrogens with one attached hydrogen (secondary N) is 1. The number of anilines is 2. The van der Waals surface area contributed by atoms with Crippen molar-refractivity contribution < 1.29 is 14.1 Å². The smallest absolute Gasteiger partial charge is 0.259 e. The Labute approximate surface area is 189 Å². The summed E-state index contributed by atoms with van der Waals surface area (Å²) >= 11 is 6.37. The molecular formula is C24H19ClN4O3. The molecule has 0 aliphatic carbocycles. The van der Waals surface area contributed by atoms with E-state index < -0.39 is 0 Å². The summed E-state index contributed by atoms with van der Waals surface area (Å²) in [6, 6.07) is 16.4. The average molecular weight is 447 g/mol. The van der Waals surface area contributed by atoms with Crippen LogP contribution in [0, 0.1) is 6.92 Å². The summed E-state index contributed by atoms with van der Waals surface area (Å²) in [7, 11) is 0. The molecule has 5 rings (SSSR count). The van der Waals surface area contributed by atoms with Gasteiger partial charge in [0.25, 0.3) is 11.6 Å². The third-order valence-electron chi connectivity index (χ3n) is 5.51. The Kier molecular flexibility index (Phi) is 5.11. The van der Waals surface area contributed by atoms with Crippen LogP contribution in [-0.4, -0.2) is 28.5 Å². The quantitative estimate of drug-likeness (QED) is 0.463. The van der Waals surface area contributed by atoms with E-state index in [-0.39, 0.29) is 17.5 Å². The highest BCUT2D eigenvalue weighted by atomic mass is 35.5. The molecule has 0 atom stereocenters. The van der Waals surface area contributed by atoms with Gasteiger partial charge in [-0.05, 0) is 37.6 Å². The molecule has 0 saturated carbocycles. The van der Waals surface area contributed by atoms with E-state index in [0.29, 0.717) is 51.7 Å². The van der Waals surface area contributed by atoms with Gasteiger partial charge in [-0.2, -0.15) is 0 Å². The van der Waals surface area contributed by atoms with Gasteiger partial charge in [-0.15, -0.1) is 0 Å². The second kappa shape index (κ2) is 8.09. The van der Waals surface area contributed by atoms with Gasteiger partial charge in [-0.25, -0.2) is 4.98 Å². The molecule has 4 aromatic rings. The zero-order valence-corrected chi connectivity index (χ0v) is 18.0. The van der Waals surface area contributed by atoms with Crippen LogP contribution in [0.4, 0.5) is 11.4 Å². The average Bonchev–Trinajstić information content (AvgIpc) is 3.41. The molecule has 7 nitrogen and oxygen atoms in total. The lowest BCUT2D eigenvalue weighted by atomic mass is 10.0. The van der Waals surface area contributed by atoms with Crippen molar-refractivity contribution in [1.29, 1.82) is 0 Å². The van der Waals surface area contributed by atoms with E-state index in [4.69, 9.17) is 16.1 Å². The van der Waals surface area contributed by atoms with Crippen LogP contribution < -0.4 is 10.2 Å². The number of nitrogens with zero attached hydrogens (tertiary/aromatic N) is 3. The molecule has 2 aromatic heterocycles. The van der Waals surface area contributed by atoms with Crippen LogP contribution in [-0.2, 0) is 4.79 Å². The number of pyridine rings is 1. The van der Waals surface area contributed by atoms with Crippen LogP contribution in [0.5, 0.6) is 0 Å². The summed E-state index contributed by atoms with van der Waals surface area (Å²) in [6.45, 7) is 2.41. The van der Waals surface area contributed by atoms with Gasteiger partial charge in [0.1, 0.15) is 0 Å². The summed E-state index contributed by atoms with van der Waals surface area (Å²) in [5, 5.41) is 7.80. The first-order valence-corrected chi connectivity index (χ1v) is 10.6. The second-order valence-corrected chi connectivity index (χ2v) is 8.04. The first kappa shape index (κ1) is 20.2. The SMILES string of the molecule is Cc1noc2nc(-c3ccccc3)cc(C(=O)Nc3cc(N4CCCC4=O)ccc3Cl)c12. The molecule has 0 unspecified atom stereocenters. The van der Waals surface area contributed by atoms with E-state index in [0.717, 1.165) is 12.0 Å². The summed E-state index contributed by atoms with van der Waals surface area (Å²) in [4.78, 5) is 31.7. The van der Waals surface area contributed by atoms with Crippen LogP contribution in [0.25, 0.3) is 22.4 Å². The third kappa shape index (κ3) is 3.61. The van der Waals surface area contributed by atoms with Crippen LogP contribution in [0.3, 0.4) is 0 Å². The number of amides is 2. The second-order valence-electron chi connectivity index (χ2n) is 7.64. The van der Waals surface area contributed by atoms with E-state index in [1.54, 1.807) is 36.1 Å². The summed E-state index contributed by atoms with van der Waals surface area (Å²) in [5.41, 5.74) is 3.82. The van der Waals surface area contributed by atoms with Crippen molar-refractivity contribution in [1.82, 2.24) is 10.1 Å². The number of aryl methyl sites for hydroxylation is 1. The molecule has 0 bridgehead atoms. The highest BCUT2D eigenvalue weighted by Gasteiger charge is 2.24. The van der Waals surface area contributed by atoms with Crippen molar-refractivity contribution in [3.05, 3.63) is 70.9 Å². The predicted octanol–water partition coefficient (Wildman–Crippen LogP) is 5.23. The van der Waals surface area contributed by atoms with Gasteiger partial charge >= 0.3 is 0 Å². The van der Waals surface area contributed by atoms with Crippen molar-refractivity contribution in [2.75, 3.05) is 16.8 Å². The fourth-order valence-electron chi connectivity index (χ4n) is 3.92. The first-order chi connectivity index (χ1) is 15.5. The van der Waals surface area contributed by atoms with Crippen LogP contribution in [0.15, 0.2) is 59.1 Å². The van der Waals surface area contributed by atoms with E-state index in [1.807, 2.05) is 30.3 Å². The number of fused-ring (bicyclic) bond motifs is 1. The minimum absolute atomic E-state index is 0.0630. The van der Waals surface area contributed by atoms with Gasteiger partial charge in [-0.3, -0.25) is 9.59 Å². The topological polar surface area (TPSA) is 88.3 Å². The number of aromatic nitrogens is 2. The molecule has 1 aliphatic rings. The third-order valence-corrected chi connectivity index (χ3v) is 5.84. The van der Waals surface area contributed by atoms with Crippen LogP contribution in [0.1, 0.15) is 28.9 Å². The highest BCUT2D eigenvalue weighted by Crippen LogP contribution is 2.32. The number of rotatable bonds is 4. The molecule has 8 heteroatoms. The lowest BCUT2D eigenvalue weighted by Crippen LogP contribution is -2.24. The minimum atomic E-state index is -0.368. The maximum Gasteiger partial charge on any atom is 0.259 e. The van der Waals surface area contributed by atoms with E-state index in [1.165, 1.54) is 0 Å². The Hall–Kier alpha value is -3.71. The first-order valence-electron chi connectivity index (χ1n) is 10.2. The molecule has 3 heterocycles. The van der Waals surface area contributed by atoms with Crippen molar-refractivity contribution in [3.63, 3.8) is 0 Å². The Morgan fingerprint density at radius 1 is 1.16 bits per heavy atom. The zero-order chi connectivity index (χ0) is 22.2. The van der Waals surface area contributed by atoms with Crippen molar-refractivity contribution in [2.45, 2.75) is 19.8 Å². The molecule has 32 heavy (non-hydrogen) atoms. The monoisotopic (exact) mass is 446 g/mol. The Morgan fingerprint density at radius 3 is 2.72 bits per heavy atom. The van der Waals surface area contributed by atoms with E-state index >= 15 is 0 Å². The maximum atomic E-state index is 13.4. The fraction of sp³-hybridized carbons (Fsp3) is 0.167. The van der Waals surface area contributed by atoms with E-state index in [2.05, 4.69) is 15.5 Å². The molecule has 1 saturated heterocycles. The molecule has 1 N–H and O–H groups in total. The summed E-state index contributed by atoms with van der Waals surface area (Å²) in [6.07, 6.45) is 1.33.